The Bertz CT molecular complexity index is 1340. The van der Waals surface area contributed by atoms with Crippen molar-refractivity contribution < 1.29 is 35.9 Å². The highest BCUT2D eigenvalue weighted by atomic mass is 32.2. The van der Waals surface area contributed by atoms with E-state index in [1.165, 1.54) is 49.6 Å². The van der Waals surface area contributed by atoms with Crippen LogP contribution in [0.4, 0.5) is 13.2 Å². The van der Waals surface area contributed by atoms with Gasteiger partial charge in [-0.3, -0.25) is 4.79 Å². The van der Waals surface area contributed by atoms with Gasteiger partial charge in [0.15, 0.2) is 11.6 Å². The number of methoxy groups -OCH3 is 1. The van der Waals surface area contributed by atoms with E-state index < -0.39 is 33.6 Å². The minimum Gasteiger partial charge on any atom is -0.495 e. The Morgan fingerprint density at radius 3 is 2.36 bits per heavy atom. The fourth-order valence-electron chi connectivity index (χ4n) is 2.90. The first-order valence-electron chi connectivity index (χ1n) is 9.18. The number of nitriles is 1. The second-order valence-corrected chi connectivity index (χ2v) is 8.65. The quantitative estimate of drug-likeness (QED) is 0.495. The summed E-state index contributed by atoms with van der Waals surface area (Å²) < 4.78 is 75.2. The smallest absolute Gasteiger partial charge is 0.435 e. The van der Waals surface area contributed by atoms with Crippen molar-refractivity contribution in [3.05, 3.63) is 59.8 Å². The number of carbonyl (C=O) groups excluding carboxylic acids is 1. The van der Waals surface area contributed by atoms with E-state index in [4.69, 9.17) is 4.74 Å². The van der Waals surface area contributed by atoms with Crippen LogP contribution in [0.1, 0.15) is 18.2 Å². The Balaban J connectivity index is 2.09. The fourth-order valence-corrected chi connectivity index (χ4v) is 3.91. The van der Waals surface area contributed by atoms with E-state index in [1.54, 1.807) is 0 Å². The Labute approximate surface area is 186 Å². The third-order valence-corrected chi connectivity index (χ3v) is 5.89. The van der Waals surface area contributed by atoms with Crippen molar-refractivity contribution in [1.29, 1.82) is 5.26 Å². The molecule has 3 aromatic rings. The van der Waals surface area contributed by atoms with Crippen LogP contribution in [0.3, 0.4) is 0 Å². The minimum absolute atomic E-state index is 0.0142. The third kappa shape index (κ3) is 5.15. The third-order valence-electron chi connectivity index (χ3n) is 4.47. The number of alkyl halides is 3. The van der Waals surface area contributed by atoms with E-state index in [2.05, 4.69) is 9.84 Å². The van der Waals surface area contributed by atoms with Crippen LogP contribution in [-0.4, -0.2) is 37.2 Å². The Morgan fingerprint density at radius 2 is 1.82 bits per heavy atom. The Kier molecular flexibility index (Phi) is 6.46. The maximum atomic E-state index is 13.4. The number of sulfone groups is 1. The predicted molar refractivity (Wildman–Crippen MR) is 109 cm³/mol. The standard InChI is InChI=1S/C21H16F3N3O5S/c1-13(28)32-12-33(29,30)17-6-3-14(4-7-17)18-10-20(21(22,23)24)26-27(18)16-5-8-19(31-2)15(9-16)11-25/h3-10H,12H2,1-2H3. The van der Waals surface area contributed by atoms with Crippen LogP contribution >= 0.6 is 0 Å². The molecule has 172 valence electrons. The van der Waals surface area contributed by atoms with Gasteiger partial charge in [0.1, 0.15) is 11.8 Å². The molecule has 1 aromatic heterocycles. The molecule has 8 nitrogen and oxygen atoms in total. The number of hydrogen-bond donors (Lipinski definition) is 0. The molecule has 2 aromatic carbocycles. The van der Waals surface area contributed by atoms with Gasteiger partial charge in [-0.25, -0.2) is 13.1 Å². The highest BCUT2D eigenvalue weighted by Crippen LogP contribution is 2.34. The lowest BCUT2D eigenvalue weighted by atomic mass is 10.1. The molecule has 3 rings (SSSR count). The summed E-state index contributed by atoms with van der Waals surface area (Å²) >= 11 is 0. The Hall–Kier alpha value is -3.85. The van der Waals surface area contributed by atoms with Crippen molar-refractivity contribution in [2.24, 2.45) is 0 Å². The van der Waals surface area contributed by atoms with Crippen LogP contribution in [0.25, 0.3) is 16.9 Å². The molecule has 12 heteroatoms. The maximum absolute atomic E-state index is 13.4. The van der Waals surface area contributed by atoms with Gasteiger partial charge in [-0.15, -0.1) is 0 Å². The molecule has 0 aliphatic rings. The van der Waals surface area contributed by atoms with E-state index in [9.17, 15) is 31.6 Å². The lowest BCUT2D eigenvalue weighted by Gasteiger charge is -2.11. The first-order valence-corrected chi connectivity index (χ1v) is 10.8. The summed E-state index contributed by atoms with van der Waals surface area (Å²) in [7, 11) is -2.59. The summed E-state index contributed by atoms with van der Waals surface area (Å²) in [4.78, 5) is 10.7. The largest absolute Gasteiger partial charge is 0.495 e. The van der Waals surface area contributed by atoms with Gasteiger partial charge in [0.25, 0.3) is 0 Å². The van der Waals surface area contributed by atoms with Gasteiger partial charge >= 0.3 is 12.1 Å². The van der Waals surface area contributed by atoms with E-state index >= 15 is 0 Å². The zero-order chi connectivity index (χ0) is 24.4. The number of esters is 1. The van der Waals surface area contributed by atoms with Gasteiger partial charge in [0, 0.05) is 12.5 Å². The molecule has 33 heavy (non-hydrogen) atoms. The van der Waals surface area contributed by atoms with Crippen LogP contribution in [0.5, 0.6) is 5.75 Å². The van der Waals surface area contributed by atoms with Gasteiger partial charge < -0.3 is 9.47 Å². The van der Waals surface area contributed by atoms with Gasteiger partial charge in [-0.05, 0) is 36.4 Å². The lowest BCUT2D eigenvalue weighted by molar-refractivity contribution is -0.141. The number of halogens is 3. The molecular formula is C21H16F3N3O5S. The predicted octanol–water partition coefficient (Wildman–Crippen LogP) is 3.73. The molecule has 0 amide bonds. The molecule has 1 heterocycles. The summed E-state index contributed by atoms with van der Waals surface area (Å²) in [6, 6.07) is 11.9. The average Bonchev–Trinajstić information content (AvgIpc) is 3.23. The number of hydrogen-bond acceptors (Lipinski definition) is 7. The molecule has 0 fully saturated rings. The summed E-state index contributed by atoms with van der Waals surface area (Å²) in [5.74, 6) is -1.39. The van der Waals surface area contributed by atoms with E-state index in [0.717, 1.165) is 17.7 Å². The highest BCUT2D eigenvalue weighted by molar-refractivity contribution is 7.91. The van der Waals surface area contributed by atoms with Crippen LogP contribution in [0, 0.1) is 11.3 Å². The molecule has 0 atom stereocenters. The summed E-state index contributed by atoms with van der Waals surface area (Å²) in [5.41, 5.74) is -0.654. The summed E-state index contributed by atoms with van der Waals surface area (Å²) in [6.45, 7) is 1.06. The molecule has 0 N–H and O–H groups in total. The molecule has 0 radical (unpaired) electrons. The van der Waals surface area contributed by atoms with Crippen LogP contribution in [-0.2, 0) is 25.5 Å². The molecule has 0 aliphatic carbocycles. The number of aromatic nitrogens is 2. The van der Waals surface area contributed by atoms with Crippen LogP contribution < -0.4 is 4.74 Å². The molecule has 0 spiro atoms. The SMILES string of the molecule is COc1ccc(-n2nc(C(F)(F)F)cc2-c2ccc(S(=O)(=O)COC(C)=O)cc2)cc1C#N. The van der Waals surface area contributed by atoms with E-state index in [1.807, 2.05) is 6.07 Å². The first-order chi connectivity index (χ1) is 15.5. The Morgan fingerprint density at radius 1 is 1.15 bits per heavy atom. The molecular weight excluding hydrogens is 463 g/mol. The number of ether oxygens (including phenoxy) is 2. The second kappa shape index (κ2) is 8.95. The van der Waals surface area contributed by atoms with E-state index in [0.29, 0.717) is 0 Å². The molecule has 0 unspecified atom stereocenters. The van der Waals surface area contributed by atoms with Crippen molar-refractivity contribution in [2.45, 2.75) is 18.0 Å². The zero-order valence-electron chi connectivity index (χ0n) is 17.3. The van der Waals surface area contributed by atoms with Crippen LogP contribution in [0.15, 0.2) is 53.4 Å². The summed E-state index contributed by atoms with van der Waals surface area (Å²) in [5, 5.41) is 12.9. The van der Waals surface area contributed by atoms with Gasteiger partial charge in [-0.1, -0.05) is 12.1 Å². The molecule has 0 saturated carbocycles. The lowest BCUT2D eigenvalue weighted by Crippen LogP contribution is -2.12. The number of rotatable bonds is 6. The van der Waals surface area contributed by atoms with Gasteiger partial charge in [0.2, 0.25) is 9.84 Å². The van der Waals surface area contributed by atoms with Crippen molar-refractivity contribution in [3.63, 3.8) is 0 Å². The van der Waals surface area contributed by atoms with Crippen molar-refractivity contribution >= 4 is 15.8 Å². The molecule has 0 bridgehead atoms. The number of benzene rings is 2. The minimum atomic E-state index is -4.74. The maximum Gasteiger partial charge on any atom is 0.435 e. The van der Waals surface area contributed by atoms with Crippen molar-refractivity contribution in [3.8, 4) is 28.8 Å². The van der Waals surface area contributed by atoms with Crippen molar-refractivity contribution in [2.75, 3.05) is 13.0 Å². The second-order valence-electron chi connectivity index (χ2n) is 6.71. The highest BCUT2D eigenvalue weighted by Gasteiger charge is 2.35. The monoisotopic (exact) mass is 479 g/mol. The van der Waals surface area contributed by atoms with Crippen molar-refractivity contribution in [1.82, 2.24) is 9.78 Å². The molecule has 0 saturated heterocycles. The van der Waals surface area contributed by atoms with E-state index in [-0.39, 0.29) is 33.2 Å². The number of carbonyl (C=O) groups is 1. The average molecular weight is 479 g/mol. The topological polar surface area (TPSA) is 111 Å². The first kappa shape index (κ1) is 23.8. The zero-order valence-corrected chi connectivity index (χ0v) is 18.1. The molecule has 0 aliphatic heterocycles. The normalized spacial score (nSPS) is 11.6. The number of nitrogens with zero attached hydrogens (tertiary/aromatic N) is 3. The summed E-state index contributed by atoms with van der Waals surface area (Å²) in [6.07, 6.45) is -4.74. The fraction of sp³-hybridized carbons (Fsp3) is 0.190. The van der Waals surface area contributed by atoms with Gasteiger partial charge in [-0.2, -0.15) is 23.5 Å². The van der Waals surface area contributed by atoms with Gasteiger partial charge in [0.05, 0.1) is 29.0 Å². The van der Waals surface area contributed by atoms with Crippen LogP contribution in [0.2, 0.25) is 0 Å².